The van der Waals surface area contributed by atoms with E-state index in [2.05, 4.69) is 15.3 Å². The Morgan fingerprint density at radius 1 is 1.47 bits per heavy atom. The summed E-state index contributed by atoms with van der Waals surface area (Å²) < 4.78 is 13.3. The van der Waals surface area contributed by atoms with Crippen molar-refractivity contribution in [3.8, 4) is 0 Å². The van der Waals surface area contributed by atoms with Crippen molar-refractivity contribution in [2.24, 2.45) is 0 Å². The van der Waals surface area contributed by atoms with E-state index < -0.39 is 10.7 Å². The molecule has 0 saturated carbocycles. The van der Waals surface area contributed by atoms with E-state index in [-0.39, 0.29) is 23.3 Å². The van der Waals surface area contributed by atoms with Crippen molar-refractivity contribution in [3.63, 3.8) is 0 Å². The fourth-order valence-corrected chi connectivity index (χ4v) is 1.57. The lowest BCUT2D eigenvalue weighted by Crippen LogP contribution is -2.05. The number of rotatable bonds is 4. The van der Waals surface area contributed by atoms with Gasteiger partial charge in [0.2, 0.25) is 5.28 Å². The predicted molar refractivity (Wildman–Crippen MR) is 67.4 cm³/mol. The summed E-state index contributed by atoms with van der Waals surface area (Å²) in [5.74, 6) is -0.693. The summed E-state index contributed by atoms with van der Waals surface area (Å²) in [6.07, 6.45) is 0.950. The molecular formula is C11H8ClFN4O2. The van der Waals surface area contributed by atoms with Crippen molar-refractivity contribution in [1.82, 2.24) is 9.97 Å². The molecule has 0 fully saturated rings. The first-order valence-corrected chi connectivity index (χ1v) is 5.59. The first-order valence-electron chi connectivity index (χ1n) is 5.21. The normalized spacial score (nSPS) is 10.2. The smallest absolute Gasteiger partial charge is 0.269 e. The van der Waals surface area contributed by atoms with Crippen molar-refractivity contribution in [3.05, 3.63) is 57.2 Å². The minimum Gasteiger partial charge on any atom is -0.363 e. The van der Waals surface area contributed by atoms with E-state index >= 15 is 0 Å². The number of anilines is 1. The Labute approximate surface area is 112 Å². The molecule has 1 aromatic carbocycles. The fourth-order valence-electron chi connectivity index (χ4n) is 1.44. The van der Waals surface area contributed by atoms with Gasteiger partial charge in [-0.1, -0.05) is 12.1 Å². The van der Waals surface area contributed by atoms with Gasteiger partial charge >= 0.3 is 0 Å². The second-order valence-electron chi connectivity index (χ2n) is 3.62. The molecule has 2 rings (SSSR count). The third kappa shape index (κ3) is 3.35. The van der Waals surface area contributed by atoms with Gasteiger partial charge in [0.1, 0.15) is 0 Å². The number of hydrogen-bond donors (Lipinski definition) is 1. The highest BCUT2D eigenvalue weighted by Crippen LogP contribution is 2.16. The molecule has 2 aromatic rings. The van der Waals surface area contributed by atoms with Crippen molar-refractivity contribution < 1.29 is 9.31 Å². The van der Waals surface area contributed by atoms with Gasteiger partial charge in [0, 0.05) is 18.7 Å². The van der Waals surface area contributed by atoms with Crippen molar-refractivity contribution in [2.75, 3.05) is 5.32 Å². The molecule has 0 aliphatic heterocycles. The molecule has 19 heavy (non-hydrogen) atoms. The second kappa shape index (κ2) is 5.57. The number of nitrogens with zero attached hydrogens (tertiary/aromatic N) is 3. The number of nitrogens with one attached hydrogen (secondary N) is 1. The zero-order chi connectivity index (χ0) is 13.8. The van der Waals surface area contributed by atoms with Gasteiger partial charge in [0.25, 0.3) is 5.69 Å². The minimum absolute atomic E-state index is 0.0273. The van der Waals surface area contributed by atoms with Crippen LogP contribution in [0.25, 0.3) is 0 Å². The van der Waals surface area contributed by atoms with Crippen LogP contribution < -0.4 is 5.32 Å². The van der Waals surface area contributed by atoms with Crippen molar-refractivity contribution in [2.45, 2.75) is 6.54 Å². The Morgan fingerprint density at radius 3 is 3.00 bits per heavy atom. The SMILES string of the molecule is O=[N+]([O-])c1cccc(CNc2nc(Cl)ncc2F)c1. The summed E-state index contributed by atoms with van der Waals surface area (Å²) in [5, 5.41) is 13.2. The predicted octanol–water partition coefficient (Wildman–Crippen LogP) is 2.79. The molecule has 0 amide bonds. The van der Waals surface area contributed by atoms with Crippen LogP contribution in [0, 0.1) is 15.9 Å². The number of hydrogen-bond acceptors (Lipinski definition) is 5. The Bertz CT molecular complexity index is 623. The van der Waals surface area contributed by atoms with Gasteiger partial charge in [-0.2, -0.15) is 4.98 Å². The van der Waals surface area contributed by atoms with Crippen LogP contribution in [0.5, 0.6) is 0 Å². The summed E-state index contributed by atoms with van der Waals surface area (Å²) in [5.41, 5.74) is 0.601. The lowest BCUT2D eigenvalue weighted by atomic mass is 10.2. The molecule has 0 atom stereocenters. The standard InChI is InChI=1S/C11H8ClFN4O2/c12-11-15-6-9(13)10(16-11)14-5-7-2-1-3-8(4-7)17(18)19/h1-4,6H,5H2,(H,14,15,16). The molecule has 0 bridgehead atoms. The van der Waals surface area contributed by atoms with Crippen LogP contribution in [0.1, 0.15) is 5.56 Å². The highest BCUT2D eigenvalue weighted by molar-refractivity contribution is 6.28. The van der Waals surface area contributed by atoms with Crippen LogP contribution in [-0.4, -0.2) is 14.9 Å². The van der Waals surface area contributed by atoms with E-state index in [0.29, 0.717) is 5.56 Å². The van der Waals surface area contributed by atoms with Crippen LogP contribution >= 0.6 is 11.6 Å². The summed E-state index contributed by atoms with van der Waals surface area (Å²) in [6.45, 7) is 0.186. The lowest BCUT2D eigenvalue weighted by molar-refractivity contribution is -0.384. The highest BCUT2D eigenvalue weighted by Gasteiger charge is 2.08. The number of aromatic nitrogens is 2. The lowest BCUT2D eigenvalue weighted by Gasteiger charge is -2.06. The topological polar surface area (TPSA) is 81.0 Å². The molecule has 1 heterocycles. The molecule has 98 valence electrons. The Balaban J connectivity index is 2.12. The summed E-state index contributed by atoms with van der Waals surface area (Å²) in [6, 6.07) is 6.01. The van der Waals surface area contributed by atoms with E-state index in [9.17, 15) is 14.5 Å². The van der Waals surface area contributed by atoms with Gasteiger partial charge in [-0.25, -0.2) is 9.37 Å². The molecule has 0 aliphatic rings. The van der Waals surface area contributed by atoms with E-state index in [4.69, 9.17) is 11.6 Å². The number of nitro groups is 1. The molecular weight excluding hydrogens is 275 g/mol. The monoisotopic (exact) mass is 282 g/mol. The van der Waals surface area contributed by atoms with Gasteiger partial charge in [-0.05, 0) is 17.2 Å². The first-order chi connectivity index (χ1) is 9.06. The Hall–Kier alpha value is -2.28. The zero-order valence-electron chi connectivity index (χ0n) is 9.51. The first kappa shape index (κ1) is 13.2. The molecule has 0 aliphatic carbocycles. The number of nitro benzene ring substituents is 1. The second-order valence-corrected chi connectivity index (χ2v) is 3.95. The molecule has 0 radical (unpaired) electrons. The van der Waals surface area contributed by atoms with Crippen molar-refractivity contribution >= 4 is 23.1 Å². The van der Waals surface area contributed by atoms with E-state index in [1.54, 1.807) is 12.1 Å². The average molecular weight is 283 g/mol. The maximum atomic E-state index is 13.3. The quantitative estimate of drug-likeness (QED) is 0.530. The van der Waals surface area contributed by atoms with Crippen LogP contribution in [0.15, 0.2) is 30.5 Å². The number of benzene rings is 1. The molecule has 6 nitrogen and oxygen atoms in total. The summed E-state index contributed by atoms with van der Waals surface area (Å²) in [7, 11) is 0. The zero-order valence-corrected chi connectivity index (χ0v) is 10.3. The minimum atomic E-state index is -0.644. The molecule has 1 N–H and O–H groups in total. The Kier molecular flexibility index (Phi) is 3.86. The van der Waals surface area contributed by atoms with E-state index in [1.807, 2.05) is 0 Å². The largest absolute Gasteiger partial charge is 0.363 e. The van der Waals surface area contributed by atoms with E-state index in [0.717, 1.165) is 6.20 Å². The average Bonchev–Trinajstić information content (AvgIpc) is 2.40. The third-order valence-corrected chi connectivity index (χ3v) is 2.48. The third-order valence-electron chi connectivity index (χ3n) is 2.30. The summed E-state index contributed by atoms with van der Waals surface area (Å²) in [4.78, 5) is 17.3. The Morgan fingerprint density at radius 2 is 2.26 bits per heavy atom. The van der Waals surface area contributed by atoms with Crippen LogP contribution in [0.2, 0.25) is 5.28 Å². The van der Waals surface area contributed by atoms with Crippen LogP contribution in [0.4, 0.5) is 15.9 Å². The molecule has 8 heteroatoms. The van der Waals surface area contributed by atoms with Gasteiger partial charge in [0.15, 0.2) is 11.6 Å². The fraction of sp³-hybridized carbons (Fsp3) is 0.0909. The highest BCUT2D eigenvalue weighted by atomic mass is 35.5. The van der Waals surface area contributed by atoms with Crippen LogP contribution in [0.3, 0.4) is 0 Å². The maximum Gasteiger partial charge on any atom is 0.269 e. The van der Waals surface area contributed by atoms with Gasteiger partial charge < -0.3 is 5.32 Å². The number of non-ortho nitro benzene ring substituents is 1. The molecule has 0 saturated heterocycles. The maximum absolute atomic E-state index is 13.3. The van der Waals surface area contributed by atoms with E-state index in [1.165, 1.54) is 12.1 Å². The van der Waals surface area contributed by atoms with Crippen LogP contribution in [-0.2, 0) is 6.54 Å². The molecule has 0 unspecified atom stereocenters. The van der Waals surface area contributed by atoms with Gasteiger partial charge in [-0.3, -0.25) is 10.1 Å². The molecule has 0 spiro atoms. The molecule has 1 aromatic heterocycles. The van der Waals surface area contributed by atoms with Crippen molar-refractivity contribution in [1.29, 1.82) is 0 Å². The number of halogens is 2. The summed E-state index contributed by atoms with van der Waals surface area (Å²) >= 11 is 5.55. The van der Waals surface area contributed by atoms with Gasteiger partial charge in [0.05, 0.1) is 11.1 Å². The van der Waals surface area contributed by atoms with Gasteiger partial charge in [-0.15, -0.1) is 0 Å².